The van der Waals surface area contributed by atoms with Crippen LogP contribution < -0.4 is 5.32 Å². The molecule has 0 saturated carbocycles. The molecule has 11 nitrogen and oxygen atoms in total. The van der Waals surface area contributed by atoms with E-state index in [9.17, 15) is 32.3 Å². The number of aryl methyl sites for hydroxylation is 1. The highest BCUT2D eigenvalue weighted by Gasteiger charge is 2.51. The number of nitrogens with one attached hydrogen (secondary N) is 1. The largest absolute Gasteiger partial charge is 0.418 e. The van der Waals surface area contributed by atoms with Gasteiger partial charge in [0.15, 0.2) is 12.2 Å². The van der Waals surface area contributed by atoms with Crippen molar-refractivity contribution in [2.75, 3.05) is 18.9 Å². The summed E-state index contributed by atoms with van der Waals surface area (Å²) in [5, 5.41) is 2.60. The van der Waals surface area contributed by atoms with Gasteiger partial charge in [-0.2, -0.15) is 13.2 Å². The number of rotatable bonds is 6. The fourth-order valence-corrected chi connectivity index (χ4v) is 4.28. The van der Waals surface area contributed by atoms with Crippen LogP contribution in [0.3, 0.4) is 0 Å². The van der Waals surface area contributed by atoms with E-state index < -0.39 is 54.4 Å². The summed E-state index contributed by atoms with van der Waals surface area (Å²) < 4.78 is 39.9. The molecule has 0 radical (unpaired) electrons. The molecule has 1 N–H and O–H groups in total. The molecule has 0 spiro atoms. The van der Waals surface area contributed by atoms with Gasteiger partial charge < -0.3 is 15.1 Å². The molecule has 2 unspecified atom stereocenters. The van der Waals surface area contributed by atoms with Crippen molar-refractivity contribution in [3.05, 3.63) is 41.7 Å². The molecule has 200 valence electrons. The first kappa shape index (κ1) is 26.7. The maximum atomic E-state index is 13.3. The lowest BCUT2D eigenvalue weighted by molar-refractivity contribution is -0.141. The maximum absolute atomic E-state index is 13.3. The average Bonchev–Trinajstić information content (AvgIpc) is 3.30. The van der Waals surface area contributed by atoms with Gasteiger partial charge in [-0.05, 0) is 39.0 Å². The number of hydrogen-bond acceptors (Lipinski definition) is 8. The molecule has 2 aliphatic rings. The number of halogens is 3. The van der Waals surface area contributed by atoms with Crippen LogP contribution in [0.15, 0.2) is 35.5 Å². The third-order valence-electron chi connectivity index (χ3n) is 6.30. The average molecular weight is 531 g/mol. The Bertz CT molecular complexity index is 1350. The number of likely N-dealkylation sites (N-methyl/N-ethyl adjacent to an activating group) is 1. The van der Waals surface area contributed by atoms with Gasteiger partial charge in [-0.15, -0.1) is 0 Å². The highest BCUT2D eigenvalue weighted by molar-refractivity contribution is 6.05. The number of carbonyl (C=O) groups excluding carboxylic acids is 4. The summed E-state index contributed by atoms with van der Waals surface area (Å²) in [7, 11) is 1.45. The van der Waals surface area contributed by atoms with Crippen molar-refractivity contribution >= 4 is 35.8 Å². The zero-order valence-corrected chi connectivity index (χ0v) is 20.9. The van der Waals surface area contributed by atoms with Crippen molar-refractivity contribution in [1.82, 2.24) is 24.7 Å². The third kappa shape index (κ3) is 4.93. The summed E-state index contributed by atoms with van der Waals surface area (Å²) in [6, 6.07) is 2.78. The molecular weight excluding hydrogens is 507 g/mol. The van der Waals surface area contributed by atoms with Crippen LogP contribution in [0.5, 0.6) is 0 Å². The predicted molar refractivity (Wildman–Crippen MR) is 129 cm³/mol. The van der Waals surface area contributed by atoms with E-state index in [1.807, 2.05) is 0 Å². The summed E-state index contributed by atoms with van der Waals surface area (Å²) in [6.07, 6.45) is -2.88. The second-order valence-electron chi connectivity index (χ2n) is 9.02. The van der Waals surface area contributed by atoms with E-state index in [0.29, 0.717) is 0 Å². The summed E-state index contributed by atoms with van der Waals surface area (Å²) in [5.74, 6) is -1.54. The summed E-state index contributed by atoms with van der Waals surface area (Å²) in [5.41, 5.74) is -0.773. The number of fused-ring (bicyclic) bond motifs is 1. The molecule has 2 aromatic rings. The topological polar surface area (TPSA) is 128 Å². The van der Waals surface area contributed by atoms with Gasteiger partial charge in [0, 0.05) is 24.5 Å². The fraction of sp³-hybridized carbons (Fsp3) is 0.375. The molecule has 38 heavy (non-hydrogen) atoms. The lowest BCUT2D eigenvalue weighted by atomic mass is 10.1. The van der Waals surface area contributed by atoms with Gasteiger partial charge in [-0.3, -0.25) is 24.3 Å². The monoisotopic (exact) mass is 531 g/mol. The van der Waals surface area contributed by atoms with Crippen molar-refractivity contribution in [3.8, 4) is 11.3 Å². The number of anilines is 1. The molecule has 14 heteroatoms. The van der Waals surface area contributed by atoms with E-state index >= 15 is 0 Å². The summed E-state index contributed by atoms with van der Waals surface area (Å²) in [4.78, 5) is 66.1. The number of nitrogens with zero attached hydrogens (tertiary/aromatic N) is 6. The molecule has 4 rings (SSSR count). The van der Waals surface area contributed by atoms with Gasteiger partial charge in [0.2, 0.25) is 5.91 Å². The van der Waals surface area contributed by atoms with Gasteiger partial charge in [-0.25, -0.2) is 14.8 Å². The molecule has 1 saturated heterocycles. The number of urea groups is 1. The van der Waals surface area contributed by atoms with Crippen molar-refractivity contribution in [3.63, 3.8) is 0 Å². The second-order valence-corrected chi connectivity index (χ2v) is 9.02. The SMILES string of the molecule is CC(=O)CN1C(=O)C2C(N=CN2[C@@H](C)C(=O)Nc2cccc(-c3cnc(C)c(C(F)(F)F)c3)n2)N(C)C1=O. The summed E-state index contributed by atoms with van der Waals surface area (Å²) >= 11 is 0. The smallest absolute Gasteiger partial charge is 0.335 e. The Balaban J connectivity index is 1.53. The first-order valence-corrected chi connectivity index (χ1v) is 11.5. The quantitative estimate of drug-likeness (QED) is 0.606. The normalized spacial score (nSPS) is 20.0. The molecule has 0 aromatic carbocycles. The zero-order valence-electron chi connectivity index (χ0n) is 20.9. The van der Waals surface area contributed by atoms with Crippen molar-refractivity contribution in [2.45, 2.75) is 45.2 Å². The van der Waals surface area contributed by atoms with E-state index in [1.165, 1.54) is 68.4 Å². The van der Waals surface area contributed by atoms with Gasteiger partial charge in [-0.1, -0.05) is 6.07 Å². The Labute approximate surface area is 215 Å². The standard InChI is InChI=1S/C24H24F3N7O4/c1-12(35)10-33-22(37)19-20(32(4)23(33)38)29-11-34(19)14(3)21(36)31-18-7-5-6-17(30-18)15-8-16(24(25,26)27)13(2)28-9-15/h5-9,11,14,19-20H,10H2,1-4H3,(H,30,31,36)/t14-,19?,20?/m0/s1. The number of hydrogen-bond donors (Lipinski definition) is 1. The fourth-order valence-electron chi connectivity index (χ4n) is 4.28. The third-order valence-corrected chi connectivity index (χ3v) is 6.30. The van der Waals surface area contributed by atoms with Gasteiger partial charge in [0.1, 0.15) is 17.6 Å². The molecule has 4 heterocycles. The minimum Gasteiger partial charge on any atom is -0.335 e. The molecule has 1 fully saturated rings. The Hall–Kier alpha value is -4.36. The lowest BCUT2D eigenvalue weighted by Crippen LogP contribution is -2.66. The number of ketones is 1. The minimum absolute atomic E-state index is 0.0710. The Kier molecular flexibility index (Phi) is 6.91. The van der Waals surface area contributed by atoms with Crippen molar-refractivity contribution < 1.29 is 32.3 Å². The molecule has 0 aliphatic carbocycles. The van der Waals surface area contributed by atoms with E-state index in [-0.39, 0.29) is 28.6 Å². The lowest BCUT2D eigenvalue weighted by Gasteiger charge is -2.41. The Morgan fingerprint density at radius 2 is 1.92 bits per heavy atom. The van der Waals surface area contributed by atoms with Crippen LogP contribution in [0.25, 0.3) is 11.3 Å². The molecule has 2 aliphatic heterocycles. The van der Waals surface area contributed by atoms with Crippen LogP contribution in [-0.4, -0.2) is 86.5 Å². The predicted octanol–water partition coefficient (Wildman–Crippen LogP) is 2.32. The summed E-state index contributed by atoms with van der Waals surface area (Å²) in [6.45, 7) is 3.63. The first-order chi connectivity index (χ1) is 17.8. The first-order valence-electron chi connectivity index (χ1n) is 11.5. The number of aromatic nitrogens is 2. The maximum Gasteiger partial charge on any atom is 0.418 e. The molecule has 4 amide bonds. The van der Waals surface area contributed by atoms with Crippen LogP contribution in [0.2, 0.25) is 0 Å². The van der Waals surface area contributed by atoms with Crippen LogP contribution in [0.1, 0.15) is 25.1 Å². The van der Waals surface area contributed by atoms with Gasteiger partial charge >= 0.3 is 12.2 Å². The van der Waals surface area contributed by atoms with Crippen LogP contribution in [0.4, 0.5) is 23.8 Å². The number of Topliss-reactive ketones (excluding diaryl/α,β-unsaturated/α-hetero) is 1. The number of alkyl halides is 3. The number of carbonyl (C=O) groups is 4. The van der Waals surface area contributed by atoms with Gasteiger partial charge in [0.25, 0.3) is 5.91 Å². The minimum atomic E-state index is -4.58. The molecule has 0 bridgehead atoms. The van der Waals surface area contributed by atoms with Crippen molar-refractivity contribution in [2.24, 2.45) is 4.99 Å². The zero-order chi connectivity index (χ0) is 27.9. The Morgan fingerprint density at radius 1 is 1.21 bits per heavy atom. The number of aliphatic imine (C=N–C) groups is 1. The number of amides is 4. The van der Waals surface area contributed by atoms with Gasteiger partial charge in [0.05, 0.1) is 24.1 Å². The van der Waals surface area contributed by atoms with E-state index in [2.05, 4.69) is 20.3 Å². The van der Waals surface area contributed by atoms with Crippen LogP contribution in [0, 0.1) is 6.92 Å². The second kappa shape index (κ2) is 9.84. The van der Waals surface area contributed by atoms with Crippen LogP contribution in [-0.2, 0) is 20.6 Å². The highest BCUT2D eigenvalue weighted by Crippen LogP contribution is 2.33. The number of imide groups is 1. The molecular formula is C24H24F3N7O4. The van der Waals surface area contributed by atoms with E-state index in [0.717, 1.165) is 11.0 Å². The van der Waals surface area contributed by atoms with E-state index in [1.54, 1.807) is 0 Å². The number of pyridine rings is 2. The van der Waals surface area contributed by atoms with E-state index in [4.69, 9.17) is 0 Å². The van der Waals surface area contributed by atoms with Crippen molar-refractivity contribution in [1.29, 1.82) is 0 Å². The Morgan fingerprint density at radius 3 is 2.58 bits per heavy atom. The highest BCUT2D eigenvalue weighted by atomic mass is 19.4. The van der Waals surface area contributed by atoms with Crippen LogP contribution >= 0.6 is 0 Å². The molecule has 2 aromatic heterocycles. The molecule has 3 atom stereocenters.